The molecule has 1 fully saturated rings. The molecule has 2 aromatic carbocycles. The van der Waals surface area contributed by atoms with Crippen LogP contribution in [0.3, 0.4) is 0 Å². The minimum Gasteiger partial charge on any atom is -0.497 e. The first kappa shape index (κ1) is 19.7. The first-order valence-electron chi connectivity index (χ1n) is 9.42. The first-order valence-corrected chi connectivity index (χ1v) is 9.42. The van der Waals surface area contributed by atoms with Crippen LogP contribution in [-0.2, 0) is 22.6 Å². The Morgan fingerprint density at radius 3 is 2.29 bits per heavy atom. The van der Waals surface area contributed by atoms with Crippen molar-refractivity contribution >= 4 is 11.8 Å². The number of hydrogen-bond acceptors (Lipinski definition) is 4. The van der Waals surface area contributed by atoms with Crippen molar-refractivity contribution in [2.75, 3.05) is 20.8 Å². The van der Waals surface area contributed by atoms with Crippen LogP contribution >= 0.6 is 0 Å². The van der Waals surface area contributed by atoms with Crippen molar-refractivity contribution in [2.45, 2.75) is 19.4 Å². The van der Waals surface area contributed by atoms with E-state index in [2.05, 4.69) is 10.6 Å². The van der Waals surface area contributed by atoms with E-state index >= 15 is 0 Å². The van der Waals surface area contributed by atoms with Crippen molar-refractivity contribution in [3.05, 3.63) is 59.7 Å². The van der Waals surface area contributed by atoms with E-state index in [0.29, 0.717) is 25.9 Å². The molecular formula is C22H26N2O4. The molecule has 6 heteroatoms. The summed E-state index contributed by atoms with van der Waals surface area (Å²) in [5, 5.41) is 5.83. The summed E-state index contributed by atoms with van der Waals surface area (Å²) >= 11 is 0. The van der Waals surface area contributed by atoms with Crippen LogP contribution in [0, 0.1) is 11.8 Å². The highest BCUT2D eigenvalue weighted by Gasteiger charge is 2.47. The normalized spacial score (nSPS) is 17.5. The van der Waals surface area contributed by atoms with Gasteiger partial charge in [0, 0.05) is 13.1 Å². The SMILES string of the molecule is COc1ccc(CNC(=O)C2CC2C(=O)NCCc2ccccc2OC)cc1. The molecule has 1 aliphatic rings. The van der Waals surface area contributed by atoms with Crippen LogP contribution in [-0.4, -0.2) is 32.6 Å². The summed E-state index contributed by atoms with van der Waals surface area (Å²) < 4.78 is 10.4. The molecule has 148 valence electrons. The van der Waals surface area contributed by atoms with Crippen molar-refractivity contribution in [3.63, 3.8) is 0 Å². The molecule has 6 nitrogen and oxygen atoms in total. The molecule has 0 radical (unpaired) electrons. The summed E-state index contributed by atoms with van der Waals surface area (Å²) in [6, 6.07) is 15.3. The van der Waals surface area contributed by atoms with Crippen LogP contribution in [0.4, 0.5) is 0 Å². The van der Waals surface area contributed by atoms with E-state index in [-0.39, 0.29) is 23.7 Å². The van der Waals surface area contributed by atoms with Gasteiger partial charge in [-0.05, 0) is 42.2 Å². The molecule has 28 heavy (non-hydrogen) atoms. The van der Waals surface area contributed by atoms with Crippen LogP contribution in [0.25, 0.3) is 0 Å². The van der Waals surface area contributed by atoms with E-state index in [1.54, 1.807) is 14.2 Å². The maximum Gasteiger partial charge on any atom is 0.224 e. The summed E-state index contributed by atoms with van der Waals surface area (Å²) in [4.78, 5) is 24.5. The number of carbonyl (C=O) groups is 2. The second kappa shape index (κ2) is 9.26. The minimum atomic E-state index is -0.232. The Hall–Kier alpha value is -3.02. The van der Waals surface area contributed by atoms with Gasteiger partial charge in [0.05, 0.1) is 26.1 Å². The number of ether oxygens (including phenoxy) is 2. The average Bonchev–Trinajstić information content (AvgIpc) is 3.54. The van der Waals surface area contributed by atoms with Gasteiger partial charge in [-0.3, -0.25) is 9.59 Å². The maximum atomic E-state index is 12.3. The molecule has 0 aromatic heterocycles. The molecule has 3 rings (SSSR count). The van der Waals surface area contributed by atoms with Crippen LogP contribution in [0.1, 0.15) is 17.5 Å². The van der Waals surface area contributed by atoms with Gasteiger partial charge < -0.3 is 20.1 Å². The standard InChI is InChI=1S/C22H26N2O4/c1-27-17-9-7-15(8-10-17)14-24-22(26)19-13-18(19)21(25)23-12-11-16-5-3-4-6-20(16)28-2/h3-10,18-19H,11-14H2,1-2H3,(H,23,25)(H,24,26). The van der Waals surface area contributed by atoms with Crippen LogP contribution in [0.2, 0.25) is 0 Å². The zero-order chi connectivity index (χ0) is 19.9. The Morgan fingerprint density at radius 2 is 1.61 bits per heavy atom. The summed E-state index contributed by atoms with van der Waals surface area (Å²) in [7, 11) is 3.25. The van der Waals surface area contributed by atoms with Crippen molar-refractivity contribution in [3.8, 4) is 11.5 Å². The van der Waals surface area contributed by atoms with Gasteiger partial charge in [0.1, 0.15) is 11.5 Å². The Balaban J connectivity index is 1.39. The molecule has 0 heterocycles. The van der Waals surface area contributed by atoms with Gasteiger partial charge in [0.2, 0.25) is 11.8 Å². The summed E-state index contributed by atoms with van der Waals surface area (Å²) in [5.41, 5.74) is 2.04. The van der Waals surface area contributed by atoms with Crippen LogP contribution in [0.15, 0.2) is 48.5 Å². The van der Waals surface area contributed by atoms with E-state index in [1.165, 1.54) is 0 Å². The summed E-state index contributed by atoms with van der Waals surface area (Å²) in [6.45, 7) is 0.970. The summed E-state index contributed by atoms with van der Waals surface area (Å²) in [5.74, 6) is 1.01. The lowest BCUT2D eigenvalue weighted by Gasteiger charge is -2.09. The molecule has 0 spiro atoms. The molecule has 1 saturated carbocycles. The monoisotopic (exact) mass is 382 g/mol. The number of carbonyl (C=O) groups excluding carboxylic acids is 2. The van der Waals surface area contributed by atoms with E-state index in [4.69, 9.17) is 9.47 Å². The van der Waals surface area contributed by atoms with E-state index in [9.17, 15) is 9.59 Å². The predicted octanol–water partition coefficient (Wildman–Crippen LogP) is 2.31. The molecule has 0 saturated heterocycles. The van der Waals surface area contributed by atoms with Crippen molar-refractivity contribution in [1.82, 2.24) is 10.6 Å². The van der Waals surface area contributed by atoms with Gasteiger partial charge in [0.15, 0.2) is 0 Å². The maximum absolute atomic E-state index is 12.3. The van der Waals surface area contributed by atoms with Gasteiger partial charge in [-0.1, -0.05) is 30.3 Å². The van der Waals surface area contributed by atoms with E-state index in [1.807, 2.05) is 48.5 Å². The number of amides is 2. The fourth-order valence-corrected chi connectivity index (χ4v) is 3.20. The smallest absolute Gasteiger partial charge is 0.224 e. The number of rotatable bonds is 9. The van der Waals surface area contributed by atoms with Gasteiger partial charge in [-0.25, -0.2) is 0 Å². The predicted molar refractivity (Wildman–Crippen MR) is 106 cm³/mol. The fraction of sp³-hybridized carbons (Fsp3) is 0.364. The molecule has 2 N–H and O–H groups in total. The number of para-hydroxylation sites is 1. The Bertz CT molecular complexity index is 820. The van der Waals surface area contributed by atoms with Gasteiger partial charge in [-0.2, -0.15) is 0 Å². The lowest BCUT2D eigenvalue weighted by Crippen LogP contribution is -2.31. The van der Waals surface area contributed by atoms with E-state index in [0.717, 1.165) is 22.6 Å². The molecule has 2 aromatic rings. The summed E-state index contributed by atoms with van der Waals surface area (Å²) in [6.07, 6.45) is 1.30. The van der Waals surface area contributed by atoms with Gasteiger partial charge in [-0.15, -0.1) is 0 Å². The lowest BCUT2D eigenvalue weighted by molar-refractivity contribution is -0.127. The second-order valence-corrected chi connectivity index (χ2v) is 6.87. The van der Waals surface area contributed by atoms with E-state index < -0.39 is 0 Å². The molecule has 1 aliphatic carbocycles. The molecule has 2 amide bonds. The zero-order valence-corrected chi connectivity index (χ0v) is 16.2. The second-order valence-electron chi connectivity index (χ2n) is 6.87. The number of hydrogen-bond donors (Lipinski definition) is 2. The zero-order valence-electron chi connectivity index (χ0n) is 16.2. The Labute approximate surface area is 165 Å². The molecular weight excluding hydrogens is 356 g/mol. The van der Waals surface area contributed by atoms with Gasteiger partial charge >= 0.3 is 0 Å². The molecule has 2 unspecified atom stereocenters. The molecule has 0 bridgehead atoms. The number of benzene rings is 2. The number of nitrogens with one attached hydrogen (secondary N) is 2. The van der Waals surface area contributed by atoms with Crippen molar-refractivity contribution < 1.29 is 19.1 Å². The highest BCUT2D eigenvalue weighted by Crippen LogP contribution is 2.38. The molecule has 0 aliphatic heterocycles. The lowest BCUT2D eigenvalue weighted by atomic mass is 10.1. The minimum absolute atomic E-state index is 0.0560. The van der Waals surface area contributed by atoms with Gasteiger partial charge in [0.25, 0.3) is 0 Å². The Kier molecular flexibility index (Phi) is 6.53. The number of methoxy groups -OCH3 is 2. The Morgan fingerprint density at radius 1 is 0.929 bits per heavy atom. The third kappa shape index (κ3) is 5.03. The fourth-order valence-electron chi connectivity index (χ4n) is 3.20. The van der Waals surface area contributed by atoms with Crippen molar-refractivity contribution in [2.24, 2.45) is 11.8 Å². The third-order valence-electron chi connectivity index (χ3n) is 4.98. The quantitative estimate of drug-likeness (QED) is 0.698. The highest BCUT2D eigenvalue weighted by atomic mass is 16.5. The van der Waals surface area contributed by atoms with Crippen LogP contribution in [0.5, 0.6) is 11.5 Å². The third-order valence-corrected chi connectivity index (χ3v) is 4.98. The van der Waals surface area contributed by atoms with Crippen LogP contribution < -0.4 is 20.1 Å². The highest BCUT2D eigenvalue weighted by molar-refractivity contribution is 5.92. The van der Waals surface area contributed by atoms with Crippen molar-refractivity contribution in [1.29, 1.82) is 0 Å². The first-order chi connectivity index (χ1) is 13.6. The largest absolute Gasteiger partial charge is 0.497 e. The average molecular weight is 382 g/mol. The topological polar surface area (TPSA) is 76.7 Å². The molecule has 2 atom stereocenters.